The third kappa shape index (κ3) is 5.35. The van der Waals surface area contributed by atoms with Gasteiger partial charge in [0.25, 0.3) is 5.91 Å². The molecule has 1 N–H and O–H groups in total. The Balaban J connectivity index is 1.78. The number of nitrogens with zero attached hydrogens (tertiary/aromatic N) is 1. The number of anilines is 1. The average Bonchev–Trinajstić information content (AvgIpc) is 2.45. The van der Waals surface area contributed by atoms with Crippen LogP contribution in [-0.4, -0.2) is 18.7 Å². The Kier molecular flexibility index (Phi) is 5.45. The number of halogens is 2. The van der Waals surface area contributed by atoms with Crippen LogP contribution in [0.4, 0.5) is 10.1 Å². The van der Waals surface area contributed by atoms with E-state index in [1.54, 1.807) is 6.07 Å². The molecule has 0 heterocycles. The topological polar surface area (TPSA) is 50.7 Å². The lowest BCUT2D eigenvalue weighted by molar-refractivity contribution is -0.120. The minimum absolute atomic E-state index is 0.246. The average molecular weight is 351 g/mol. The Morgan fingerprint density at radius 1 is 1.29 bits per heavy atom. The molecule has 4 nitrogen and oxygen atoms in total. The first kappa shape index (κ1) is 15.2. The predicted molar refractivity (Wildman–Crippen MR) is 82.7 cm³/mol. The number of rotatable bonds is 5. The highest BCUT2D eigenvalue weighted by Gasteiger charge is 2.03. The second kappa shape index (κ2) is 7.54. The van der Waals surface area contributed by atoms with Crippen LogP contribution < -0.4 is 5.32 Å². The van der Waals surface area contributed by atoms with Crippen molar-refractivity contribution in [1.82, 2.24) is 0 Å². The van der Waals surface area contributed by atoms with Gasteiger partial charge in [-0.3, -0.25) is 4.79 Å². The monoisotopic (exact) mass is 350 g/mol. The van der Waals surface area contributed by atoms with Crippen LogP contribution in [0.15, 0.2) is 58.2 Å². The van der Waals surface area contributed by atoms with Gasteiger partial charge in [-0.1, -0.05) is 39.3 Å². The molecule has 108 valence electrons. The lowest BCUT2D eigenvalue weighted by Gasteiger charge is -2.03. The van der Waals surface area contributed by atoms with E-state index in [1.165, 1.54) is 24.4 Å². The Morgan fingerprint density at radius 3 is 2.76 bits per heavy atom. The second-order valence-electron chi connectivity index (χ2n) is 4.12. The molecular weight excluding hydrogens is 339 g/mol. The number of oxime groups is 1. The highest BCUT2D eigenvalue weighted by molar-refractivity contribution is 9.10. The van der Waals surface area contributed by atoms with E-state index in [1.807, 2.05) is 24.3 Å². The van der Waals surface area contributed by atoms with Crippen molar-refractivity contribution in [3.63, 3.8) is 0 Å². The third-order valence-corrected chi connectivity index (χ3v) is 2.98. The normalized spacial score (nSPS) is 10.6. The molecule has 0 spiro atoms. The lowest BCUT2D eigenvalue weighted by Crippen LogP contribution is -2.17. The van der Waals surface area contributed by atoms with Crippen LogP contribution >= 0.6 is 15.9 Å². The van der Waals surface area contributed by atoms with Crippen molar-refractivity contribution in [3.8, 4) is 0 Å². The first-order valence-electron chi connectivity index (χ1n) is 6.10. The zero-order chi connectivity index (χ0) is 15.1. The number of nitrogens with one attached hydrogen (secondary N) is 1. The molecule has 0 atom stereocenters. The fourth-order valence-corrected chi connectivity index (χ4v) is 1.77. The van der Waals surface area contributed by atoms with E-state index >= 15 is 0 Å². The maximum absolute atomic E-state index is 12.9. The molecule has 6 heteroatoms. The fourth-order valence-electron chi connectivity index (χ4n) is 1.51. The number of carbonyl (C=O) groups excluding carboxylic acids is 1. The van der Waals surface area contributed by atoms with E-state index < -0.39 is 11.7 Å². The third-order valence-electron chi connectivity index (χ3n) is 2.45. The predicted octanol–water partition coefficient (Wildman–Crippen LogP) is 3.58. The van der Waals surface area contributed by atoms with Crippen LogP contribution in [0.5, 0.6) is 0 Å². The Bertz CT molecular complexity index is 644. The van der Waals surface area contributed by atoms with Crippen LogP contribution in [0.1, 0.15) is 5.56 Å². The molecular formula is C15H12BrFN2O2. The summed E-state index contributed by atoms with van der Waals surface area (Å²) in [6.07, 6.45) is 1.50. The number of hydrogen-bond acceptors (Lipinski definition) is 3. The SMILES string of the molecule is O=C(CO/N=C\c1ccc(Br)cc1)Nc1cccc(F)c1. The summed E-state index contributed by atoms with van der Waals surface area (Å²) in [6.45, 7) is -0.246. The van der Waals surface area contributed by atoms with Crippen molar-refractivity contribution < 1.29 is 14.0 Å². The van der Waals surface area contributed by atoms with Gasteiger partial charge >= 0.3 is 0 Å². The number of benzene rings is 2. The lowest BCUT2D eigenvalue weighted by atomic mass is 10.2. The standard InChI is InChI=1S/C15H12BrFN2O2/c16-12-6-4-11(5-7-12)9-18-21-10-15(20)19-14-3-1-2-13(17)8-14/h1-9H,10H2,(H,19,20)/b18-9-. The van der Waals surface area contributed by atoms with E-state index in [9.17, 15) is 9.18 Å². The van der Waals surface area contributed by atoms with E-state index in [0.29, 0.717) is 5.69 Å². The van der Waals surface area contributed by atoms with Gasteiger partial charge in [-0.15, -0.1) is 0 Å². The van der Waals surface area contributed by atoms with E-state index in [2.05, 4.69) is 26.4 Å². The van der Waals surface area contributed by atoms with E-state index in [0.717, 1.165) is 10.0 Å². The molecule has 2 rings (SSSR count). The number of carbonyl (C=O) groups is 1. The zero-order valence-corrected chi connectivity index (χ0v) is 12.5. The molecule has 2 aromatic rings. The Labute approximate surface area is 129 Å². The van der Waals surface area contributed by atoms with Crippen molar-refractivity contribution in [2.75, 3.05) is 11.9 Å². The van der Waals surface area contributed by atoms with Crippen molar-refractivity contribution in [2.45, 2.75) is 0 Å². The molecule has 2 aromatic carbocycles. The van der Waals surface area contributed by atoms with Crippen LogP contribution in [0, 0.1) is 5.82 Å². The smallest absolute Gasteiger partial charge is 0.265 e. The molecule has 0 unspecified atom stereocenters. The van der Waals surface area contributed by atoms with Gasteiger partial charge < -0.3 is 10.2 Å². The molecule has 0 aromatic heterocycles. The molecule has 0 bridgehead atoms. The summed E-state index contributed by atoms with van der Waals surface area (Å²) in [6, 6.07) is 13.1. The Hall–Kier alpha value is -2.21. The molecule has 0 saturated carbocycles. The van der Waals surface area contributed by atoms with E-state index in [-0.39, 0.29) is 6.61 Å². The van der Waals surface area contributed by atoms with Crippen molar-refractivity contribution in [3.05, 3.63) is 64.4 Å². The molecule has 1 amide bonds. The molecule has 21 heavy (non-hydrogen) atoms. The fraction of sp³-hybridized carbons (Fsp3) is 0.0667. The van der Waals surface area contributed by atoms with Crippen LogP contribution in [-0.2, 0) is 9.63 Å². The van der Waals surface area contributed by atoms with Gasteiger partial charge in [-0.05, 0) is 35.9 Å². The summed E-state index contributed by atoms with van der Waals surface area (Å²) < 4.78 is 13.9. The first-order valence-corrected chi connectivity index (χ1v) is 6.89. The quantitative estimate of drug-likeness (QED) is 0.661. The van der Waals surface area contributed by atoms with Gasteiger partial charge in [0.1, 0.15) is 5.82 Å². The molecule has 0 radical (unpaired) electrons. The van der Waals surface area contributed by atoms with Gasteiger partial charge in [0, 0.05) is 10.2 Å². The summed E-state index contributed by atoms with van der Waals surface area (Å²) in [4.78, 5) is 16.4. The maximum Gasteiger partial charge on any atom is 0.265 e. The molecule has 0 aliphatic carbocycles. The van der Waals surface area contributed by atoms with Gasteiger partial charge in [-0.2, -0.15) is 0 Å². The summed E-state index contributed by atoms with van der Waals surface area (Å²) in [5.74, 6) is -0.824. The summed E-state index contributed by atoms with van der Waals surface area (Å²) in [7, 11) is 0. The van der Waals surface area contributed by atoms with Crippen LogP contribution in [0.2, 0.25) is 0 Å². The first-order chi connectivity index (χ1) is 10.1. The minimum atomic E-state index is -0.415. The highest BCUT2D eigenvalue weighted by atomic mass is 79.9. The van der Waals surface area contributed by atoms with Crippen molar-refractivity contribution in [1.29, 1.82) is 0 Å². The van der Waals surface area contributed by atoms with Crippen molar-refractivity contribution in [2.24, 2.45) is 5.16 Å². The van der Waals surface area contributed by atoms with Gasteiger partial charge in [0.05, 0.1) is 6.21 Å². The maximum atomic E-state index is 12.9. The molecule has 0 fully saturated rings. The second-order valence-corrected chi connectivity index (χ2v) is 5.03. The Morgan fingerprint density at radius 2 is 2.05 bits per heavy atom. The van der Waals surface area contributed by atoms with Crippen LogP contribution in [0.25, 0.3) is 0 Å². The van der Waals surface area contributed by atoms with Gasteiger partial charge in [-0.25, -0.2) is 4.39 Å². The van der Waals surface area contributed by atoms with E-state index in [4.69, 9.17) is 4.84 Å². The summed E-state index contributed by atoms with van der Waals surface area (Å²) >= 11 is 3.33. The zero-order valence-electron chi connectivity index (χ0n) is 10.9. The van der Waals surface area contributed by atoms with Gasteiger partial charge in [0.2, 0.25) is 0 Å². The highest BCUT2D eigenvalue weighted by Crippen LogP contribution is 2.10. The summed E-state index contributed by atoms with van der Waals surface area (Å²) in [5.41, 5.74) is 1.23. The van der Waals surface area contributed by atoms with Crippen LogP contribution in [0.3, 0.4) is 0 Å². The number of amides is 1. The van der Waals surface area contributed by atoms with Crippen molar-refractivity contribution >= 4 is 33.7 Å². The molecule has 0 aliphatic rings. The largest absolute Gasteiger partial charge is 0.386 e. The summed E-state index contributed by atoms with van der Waals surface area (Å²) in [5, 5.41) is 6.20. The molecule has 0 aliphatic heterocycles. The minimum Gasteiger partial charge on any atom is -0.386 e. The molecule has 0 saturated heterocycles. The number of hydrogen-bond donors (Lipinski definition) is 1. The van der Waals surface area contributed by atoms with Gasteiger partial charge in [0.15, 0.2) is 6.61 Å².